The summed E-state index contributed by atoms with van der Waals surface area (Å²) in [6.07, 6.45) is 10.7. The second-order valence-corrected chi connectivity index (χ2v) is 9.15. The largest absolute Gasteiger partial charge is 0.296 e. The minimum Gasteiger partial charge on any atom is -0.294 e. The monoisotopic (exact) mass is 389 g/mol. The minimum atomic E-state index is -1.12. The van der Waals surface area contributed by atoms with Gasteiger partial charge >= 0.3 is 0 Å². The van der Waals surface area contributed by atoms with Gasteiger partial charge in [0.1, 0.15) is 0 Å². The molecule has 0 aliphatic heterocycles. The Morgan fingerprint density at radius 3 is 2.70 bits per heavy atom. The van der Waals surface area contributed by atoms with Gasteiger partial charge in [-0.05, 0) is 80.0 Å². The zero-order chi connectivity index (χ0) is 19.4. The Hall–Kier alpha value is -1.80. The first kappa shape index (κ1) is 18.6. The maximum Gasteiger partial charge on any atom is 0.296 e. The van der Waals surface area contributed by atoms with Gasteiger partial charge in [0.15, 0.2) is 11.4 Å². The van der Waals surface area contributed by atoms with Gasteiger partial charge in [-0.15, -0.1) is 10.1 Å². The van der Waals surface area contributed by atoms with Crippen LogP contribution >= 0.6 is 11.6 Å². The summed E-state index contributed by atoms with van der Waals surface area (Å²) >= 11 is 5.70. The van der Waals surface area contributed by atoms with Crippen molar-refractivity contribution in [3.63, 3.8) is 0 Å². The highest BCUT2D eigenvalue weighted by atomic mass is 35.5. The van der Waals surface area contributed by atoms with E-state index in [0.29, 0.717) is 24.2 Å². The Kier molecular flexibility index (Phi) is 4.19. The van der Waals surface area contributed by atoms with Crippen molar-refractivity contribution in [3.05, 3.63) is 33.9 Å². The molecule has 3 saturated carbocycles. The van der Waals surface area contributed by atoms with Crippen LogP contribution in [0, 0.1) is 50.0 Å². The average molecular weight is 390 g/mol. The summed E-state index contributed by atoms with van der Waals surface area (Å²) in [5, 5.41) is 12.9. The molecule has 0 unspecified atom stereocenters. The Labute approximate surface area is 164 Å². The number of ketones is 1. The summed E-state index contributed by atoms with van der Waals surface area (Å²) in [5.74, 6) is 4.15. The van der Waals surface area contributed by atoms with E-state index in [1.807, 2.05) is 6.08 Å². The molecule has 0 bridgehead atoms. The molecule has 6 heteroatoms. The van der Waals surface area contributed by atoms with Gasteiger partial charge < -0.3 is 0 Å². The van der Waals surface area contributed by atoms with Gasteiger partial charge in [-0.25, -0.2) is 0 Å². The van der Waals surface area contributed by atoms with Crippen LogP contribution in [0.4, 0.5) is 0 Å². The Balaban J connectivity index is 1.71. The van der Waals surface area contributed by atoms with E-state index in [1.165, 1.54) is 5.57 Å². The SMILES string of the molecule is C[C@]12C=CC(=O)C=C1CC[C@@H]1[C@@H]2CC[C@@]2(C)[C@H]1CC[C@]2(C#CCl)O[N+](=O)[O-]. The molecule has 6 atom stereocenters. The van der Waals surface area contributed by atoms with Crippen molar-refractivity contribution in [2.45, 2.75) is 58.0 Å². The van der Waals surface area contributed by atoms with Crippen molar-refractivity contribution >= 4 is 17.4 Å². The molecule has 0 aromatic heterocycles. The van der Waals surface area contributed by atoms with E-state index in [9.17, 15) is 14.9 Å². The van der Waals surface area contributed by atoms with Gasteiger partial charge in [0.25, 0.3) is 5.09 Å². The van der Waals surface area contributed by atoms with E-state index in [1.54, 1.807) is 6.08 Å². The molecular formula is C21H24ClNO4. The van der Waals surface area contributed by atoms with Crippen LogP contribution in [0.5, 0.6) is 0 Å². The molecular weight excluding hydrogens is 366 g/mol. The van der Waals surface area contributed by atoms with Crippen molar-refractivity contribution in [3.8, 4) is 11.3 Å². The molecule has 0 heterocycles. The summed E-state index contributed by atoms with van der Waals surface area (Å²) in [4.78, 5) is 28.3. The minimum absolute atomic E-state index is 0.0817. The summed E-state index contributed by atoms with van der Waals surface area (Å²) in [5.41, 5.74) is -0.366. The summed E-state index contributed by atoms with van der Waals surface area (Å²) in [6, 6.07) is 0. The van der Waals surface area contributed by atoms with Crippen LogP contribution in [0.3, 0.4) is 0 Å². The van der Waals surface area contributed by atoms with Crippen LogP contribution in [-0.4, -0.2) is 16.5 Å². The van der Waals surface area contributed by atoms with E-state index < -0.39 is 16.1 Å². The Morgan fingerprint density at radius 2 is 2.00 bits per heavy atom. The quantitative estimate of drug-likeness (QED) is 0.397. The number of carbonyl (C=O) groups is 1. The van der Waals surface area contributed by atoms with E-state index in [2.05, 4.69) is 31.2 Å². The summed E-state index contributed by atoms with van der Waals surface area (Å²) < 4.78 is 0. The number of nitrogens with zero attached hydrogens (tertiary/aromatic N) is 1. The third-order valence-electron chi connectivity index (χ3n) is 8.16. The normalized spacial score (nSPS) is 44.9. The van der Waals surface area contributed by atoms with Crippen LogP contribution in [0.15, 0.2) is 23.8 Å². The van der Waals surface area contributed by atoms with Gasteiger partial charge in [0.05, 0.1) is 0 Å². The molecule has 0 saturated heterocycles. The predicted molar refractivity (Wildman–Crippen MR) is 101 cm³/mol. The zero-order valence-corrected chi connectivity index (χ0v) is 16.4. The van der Waals surface area contributed by atoms with E-state index in [0.717, 1.165) is 32.1 Å². The molecule has 0 amide bonds. The van der Waals surface area contributed by atoms with Crippen LogP contribution < -0.4 is 0 Å². The average Bonchev–Trinajstić information content (AvgIpc) is 2.88. The smallest absolute Gasteiger partial charge is 0.294 e. The Morgan fingerprint density at radius 1 is 1.26 bits per heavy atom. The van der Waals surface area contributed by atoms with E-state index >= 15 is 0 Å². The number of fused-ring (bicyclic) bond motifs is 5. The lowest BCUT2D eigenvalue weighted by Crippen LogP contribution is -2.55. The first-order chi connectivity index (χ1) is 12.8. The standard InChI is InChI=1S/C21H24ClNO4/c1-19-8-5-15(24)13-14(19)3-4-16-17(19)6-9-20(2)18(16)7-10-21(20,11-12-22)27-23(25)26/h5,8,13,16-18H,3-4,6-7,9-10H2,1-2H3/t16-,17+,18+,19+,20+,21-/m1/s1. The molecule has 0 aromatic rings. The number of rotatable bonds is 2. The molecule has 144 valence electrons. The van der Waals surface area contributed by atoms with Crippen LogP contribution in [0.25, 0.3) is 0 Å². The number of carbonyl (C=O) groups excluding carboxylic acids is 1. The fourth-order valence-corrected chi connectivity index (χ4v) is 6.93. The molecule has 4 aliphatic rings. The predicted octanol–water partition coefficient (Wildman–Crippen LogP) is 4.44. The van der Waals surface area contributed by atoms with Crippen molar-refractivity contribution in [1.29, 1.82) is 0 Å². The molecule has 4 aliphatic carbocycles. The molecule has 0 aromatic carbocycles. The third-order valence-corrected chi connectivity index (χ3v) is 8.25. The number of halogens is 1. The molecule has 0 radical (unpaired) electrons. The second kappa shape index (κ2) is 6.10. The third kappa shape index (κ3) is 2.49. The lowest BCUT2D eigenvalue weighted by Gasteiger charge is -2.57. The number of hydrogen-bond donors (Lipinski definition) is 0. The van der Waals surface area contributed by atoms with Crippen molar-refractivity contribution in [2.24, 2.45) is 28.6 Å². The van der Waals surface area contributed by atoms with E-state index in [4.69, 9.17) is 16.4 Å². The highest BCUT2D eigenvalue weighted by molar-refractivity contribution is 6.30. The second-order valence-electron chi connectivity index (χ2n) is 8.96. The fraction of sp³-hybridized carbons (Fsp3) is 0.667. The first-order valence-corrected chi connectivity index (χ1v) is 10.0. The summed E-state index contributed by atoms with van der Waals surface area (Å²) in [7, 11) is 0. The van der Waals surface area contributed by atoms with Gasteiger partial charge in [0.2, 0.25) is 0 Å². The maximum absolute atomic E-state index is 11.8. The molecule has 0 spiro atoms. The van der Waals surface area contributed by atoms with Gasteiger partial charge in [0, 0.05) is 16.2 Å². The Bertz CT molecular complexity index is 824. The van der Waals surface area contributed by atoms with Gasteiger partial charge in [-0.1, -0.05) is 31.4 Å². The van der Waals surface area contributed by atoms with E-state index in [-0.39, 0.29) is 11.2 Å². The number of allylic oxidation sites excluding steroid dienone is 4. The maximum atomic E-state index is 11.8. The molecule has 4 rings (SSSR count). The first-order valence-electron chi connectivity index (χ1n) is 9.66. The highest BCUT2D eigenvalue weighted by Gasteiger charge is 2.65. The van der Waals surface area contributed by atoms with Crippen LogP contribution in [-0.2, 0) is 9.63 Å². The van der Waals surface area contributed by atoms with Crippen molar-refractivity contribution < 1.29 is 14.7 Å². The lowest BCUT2D eigenvalue weighted by atomic mass is 9.47. The zero-order valence-electron chi connectivity index (χ0n) is 15.7. The topological polar surface area (TPSA) is 69.4 Å². The molecule has 27 heavy (non-hydrogen) atoms. The van der Waals surface area contributed by atoms with Gasteiger partial charge in [-0.2, -0.15) is 0 Å². The highest BCUT2D eigenvalue weighted by Crippen LogP contribution is 2.67. The fourth-order valence-electron chi connectivity index (χ4n) is 6.78. The molecule has 3 fully saturated rings. The number of hydrogen-bond acceptors (Lipinski definition) is 4. The molecule has 5 nitrogen and oxygen atoms in total. The van der Waals surface area contributed by atoms with Crippen LogP contribution in [0.2, 0.25) is 0 Å². The molecule has 0 N–H and O–H groups in total. The van der Waals surface area contributed by atoms with Gasteiger partial charge in [-0.3, -0.25) is 9.63 Å². The van der Waals surface area contributed by atoms with Crippen LogP contribution in [0.1, 0.15) is 52.4 Å². The van der Waals surface area contributed by atoms with Crippen molar-refractivity contribution in [2.75, 3.05) is 0 Å². The van der Waals surface area contributed by atoms with Crippen molar-refractivity contribution in [1.82, 2.24) is 0 Å². The lowest BCUT2D eigenvalue weighted by molar-refractivity contribution is -0.781. The summed E-state index contributed by atoms with van der Waals surface area (Å²) in [6.45, 7) is 4.34.